The van der Waals surface area contributed by atoms with Crippen molar-refractivity contribution in [1.29, 1.82) is 0 Å². The van der Waals surface area contributed by atoms with Gasteiger partial charge in [-0.05, 0) is 12.8 Å². The molecule has 0 saturated heterocycles. The van der Waals surface area contributed by atoms with Crippen molar-refractivity contribution in [3.05, 3.63) is 35.9 Å². The van der Waals surface area contributed by atoms with Gasteiger partial charge >= 0.3 is 0 Å². The minimum atomic E-state index is -0.321. The fourth-order valence-electron chi connectivity index (χ4n) is 3.48. The topological polar surface area (TPSA) is 52.0 Å². The van der Waals surface area contributed by atoms with E-state index in [1.807, 2.05) is 37.4 Å². The van der Waals surface area contributed by atoms with Crippen molar-refractivity contribution < 1.29 is 19.2 Å². The number of quaternary nitrogens is 1. The van der Waals surface area contributed by atoms with Gasteiger partial charge in [0.25, 0.3) is 5.91 Å². The molecule has 1 aliphatic carbocycles. The molecule has 1 fully saturated rings. The summed E-state index contributed by atoms with van der Waals surface area (Å²) in [7, 11) is 5.27. The van der Waals surface area contributed by atoms with E-state index in [0.717, 1.165) is 23.3 Å². The lowest BCUT2D eigenvalue weighted by atomic mass is 9.94. The molecule has 134 valence electrons. The van der Waals surface area contributed by atoms with Gasteiger partial charge in [-0.15, -0.1) is 0 Å². The number of hydrogen-bond donors (Lipinski definition) is 2. The fraction of sp³-hybridized carbons (Fsp3) is 0.632. The molecule has 0 heterocycles. The Bertz CT molecular complexity index is 485. The lowest BCUT2D eigenvalue weighted by Crippen LogP contribution is -3.11. The molecule has 5 heteroatoms. The van der Waals surface area contributed by atoms with Crippen molar-refractivity contribution in [2.75, 3.05) is 27.8 Å². The summed E-state index contributed by atoms with van der Waals surface area (Å²) in [6.07, 6.45) is 5.55. The molecular weight excluding hydrogens is 304 g/mol. The molecule has 0 spiro atoms. The molecule has 0 bridgehead atoms. The summed E-state index contributed by atoms with van der Waals surface area (Å²) in [5.74, 6) is 0.0940. The highest BCUT2D eigenvalue weighted by Gasteiger charge is 2.32. The maximum absolute atomic E-state index is 13.0. The van der Waals surface area contributed by atoms with Crippen molar-refractivity contribution >= 4 is 5.91 Å². The van der Waals surface area contributed by atoms with Crippen molar-refractivity contribution in [1.82, 2.24) is 5.32 Å². The molecule has 1 aromatic rings. The summed E-state index contributed by atoms with van der Waals surface area (Å²) in [6, 6.07) is 10.0. The van der Waals surface area contributed by atoms with Gasteiger partial charge in [0.15, 0.2) is 6.04 Å². The molecular formula is C19H31N2O3+. The van der Waals surface area contributed by atoms with Crippen LogP contribution in [-0.4, -0.2) is 46.1 Å². The first-order chi connectivity index (χ1) is 11.7. The molecule has 1 amide bonds. The number of ether oxygens (including phenoxy) is 2. The van der Waals surface area contributed by atoms with Crippen LogP contribution in [0.3, 0.4) is 0 Å². The Kier molecular flexibility index (Phi) is 7.69. The van der Waals surface area contributed by atoms with E-state index < -0.39 is 0 Å². The molecule has 1 aromatic carbocycles. The van der Waals surface area contributed by atoms with Crippen molar-refractivity contribution in [2.45, 2.75) is 50.5 Å². The molecule has 1 aliphatic rings. The van der Waals surface area contributed by atoms with Crippen LogP contribution in [0.4, 0.5) is 0 Å². The van der Waals surface area contributed by atoms with Crippen LogP contribution in [-0.2, 0) is 14.3 Å². The second-order valence-electron chi connectivity index (χ2n) is 6.64. The first-order valence-corrected chi connectivity index (χ1v) is 8.89. The summed E-state index contributed by atoms with van der Waals surface area (Å²) >= 11 is 0. The molecule has 24 heavy (non-hydrogen) atoms. The minimum Gasteiger partial charge on any atom is -0.351 e. The van der Waals surface area contributed by atoms with Crippen LogP contribution in [0.5, 0.6) is 0 Å². The number of methoxy groups -OCH3 is 2. The third-order valence-electron chi connectivity index (χ3n) is 4.85. The van der Waals surface area contributed by atoms with Gasteiger partial charge in [-0.25, -0.2) is 0 Å². The quantitative estimate of drug-likeness (QED) is 0.705. The van der Waals surface area contributed by atoms with E-state index in [4.69, 9.17) is 9.47 Å². The van der Waals surface area contributed by atoms with Crippen molar-refractivity contribution in [2.24, 2.45) is 0 Å². The summed E-state index contributed by atoms with van der Waals surface area (Å²) in [6.45, 7) is 0.602. The Labute approximate surface area is 145 Å². The number of hydrogen-bond acceptors (Lipinski definition) is 3. The first-order valence-electron chi connectivity index (χ1n) is 8.89. The maximum Gasteiger partial charge on any atom is 0.283 e. The zero-order chi connectivity index (χ0) is 17.4. The lowest BCUT2D eigenvalue weighted by Gasteiger charge is -2.29. The maximum atomic E-state index is 13.0. The highest BCUT2D eigenvalue weighted by Crippen LogP contribution is 2.18. The van der Waals surface area contributed by atoms with E-state index in [0.29, 0.717) is 12.6 Å². The molecule has 0 radical (unpaired) electrons. The van der Waals surface area contributed by atoms with Crippen LogP contribution in [0.1, 0.15) is 43.7 Å². The number of carbonyl (C=O) groups is 1. The van der Waals surface area contributed by atoms with Crippen LogP contribution < -0.4 is 10.2 Å². The Balaban J connectivity index is 2.11. The van der Waals surface area contributed by atoms with E-state index in [9.17, 15) is 4.79 Å². The number of likely N-dealkylation sites (N-methyl/N-ethyl adjacent to an activating group) is 1. The van der Waals surface area contributed by atoms with Gasteiger partial charge in [-0.2, -0.15) is 0 Å². The second-order valence-corrected chi connectivity index (χ2v) is 6.64. The first kappa shape index (κ1) is 18.9. The zero-order valence-electron chi connectivity index (χ0n) is 15.1. The SMILES string of the molecule is COC(C[NH+](C)C(C(=O)NC1CCCCC1)c1ccccc1)OC. The number of benzene rings is 1. The third kappa shape index (κ3) is 5.30. The lowest BCUT2D eigenvalue weighted by molar-refractivity contribution is -0.908. The van der Waals surface area contributed by atoms with E-state index in [1.54, 1.807) is 14.2 Å². The molecule has 5 nitrogen and oxygen atoms in total. The smallest absolute Gasteiger partial charge is 0.283 e. The molecule has 2 N–H and O–H groups in total. The van der Waals surface area contributed by atoms with Gasteiger partial charge in [-0.3, -0.25) is 4.79 Å². The molecule has 0 aliphatic heterocycles. The Hall–Kier alpha value is -1.43. The Morgan fingerprint density at radius 2 is 1.79 bits per heavy atom. The van der Waals surface area contributed by atoms with E-state index in [-0.39, 0.29) is 18.2 Å². The number of carbonyl (C=O) groups excluding carboxylic acids is 1. The van der Waals surface area contributed by atoms with E-state index in [2.05, 4.69) is 5.32 Å². The third-order valence-corrected chi connectivity index (χ3v) is 4.85. The van der Waals surface area contributed by atoms with Gasteiger partial charge in [0.05, 0.1) is 7.05 Å². The predicted molar refractivity (Wildman–Crippen MR) is 93.8 cm³/mol. The fourth-order valence-corrected chi connectivity index (χ4v) is 3.48. The van der Waals surface area contributed by atoms with Gasteiger partial charge in [-0.1, -0.05) is 49.6 Å². The van der Waals surface area contributed by atoms with Gasteiger partial charge in [0.1, 0.15) is 6.54 Å². The largest absolute Gasteiger partial charge is 0.351 e. The summed E-state index contributed by atoms with van der Waals surface area (Å²) in [4.78, 5) is 14.1. The van der Waals surface area contributed by atoms with Gasteiger partial charge in [0.2, 0.25) is 6.29 Å². The number of nitrogens with one attached hydrogen (secondary N) is 2. The van der Waals surface area contributed by atoms with Crippen LogP contribution in [0, 0.1) is 0 Å². The van der Waals surface area contributed by atoms with Crippen LogP contribution in [0.25, 0.3) is 0 Å². The van der Waals surface area contributed by atoms with Crippen molar-refractivity contribution in [3.63, 3.8) is 0 Å². The zero-order valence-corrected chi connectivity index (χ0v) is 15.1. The standard InChI is InChI=1S/C19H30N2O3/c1-21(14-17(23-2)24-3)18(15-10-6-4-7-11-15)19(22)20-16-12-8-5-9-13-16/h4,6-7,10-11,16-18H,5,8-9,12-14H2,1-3H3,(H,20,22)/p+1. The molecule has 2 rings (SSSR count). The van der Waals surface area contributed by atoms with E-state index in [1.165, 1.54) is 19.3 Å². The second kappa shape index (κ2) is 9.77. The highest BCUT2D eigenvalue weighted by molar-refractivity contribution is 5.82. The minimum absolute atomic E-state index is 0.0940. The number of rotatable bonds is 8. The molecule has 2 atom stereocenters. The monoisotopic (exact) mass is 335 g/mol. The number of amides is 1. The Morgan fingerprint density at radius 1 is 1.17 bits per heavy atom. The highest BCUT2D eigenvalue weighted by atomic mass is 16.7. The normalized spacial score (nSPS) is 18.3. The summed E-state index contributed by atoms with van der Waals surface area (Å²) in [5, 5.41) is 3.27. The molecule has 1 saturated carbocycles. The Morgan fingerprint density at radius 3 is 2.38 bits per heavy atom. The van der Waals surface area contributed by atoms with Crippen LogP contribution in [0.2, 0.25) is 0 Å². The summed E-state index contributed by atoms with van der Waals surface area (Å²) < 4.78 is 10.6. The average Bonchev–Trinajstić information content (AvgIpc) is 2.61. The van der Waals surface area contributed by atoms with Gasteiger partial charge in [0, 0.05) is 25.8 Å². The average molecular weight is 335 g/mol. The molecule has 2 unspecified atom stereocenters. The van der Waals surface area contributed by atoms with Gasteiger partial charge < -0.3 is 19.7 Å². The predicted octanol–water partition coefficient (Wildman–Crippen LogP) is 1.31. The van der Waals surface area contributed by atoms with E-state index >= 15 is 0 Å². The van der Waals surface area contributed by atoms with Crippen LogP contribution >= 0.6 is 0 Å². The summed E-state index contributed by atoms with van der Waals surface area (Å²) in [5.41, 5.74) is 1.02. The van der Waals surface area contributed by atoms with Crippen molar-refractivity contribution in [3.8, 4) is 0 Å². The molecule has 0 aromatic heterocycles. The van der Waals surface area contributed by atoms with Crippen LogP contribution in [0.15, 0.2) is 30.3 Å².